The van der Waals surface area contributed by atoms with Crippen LogP contribution in [0.1, 0.15) is 17.3 Å². The Hall–Kier alpha value is -4.24. The van der Waals surface area contributed by atoms with Crippen LogP contribution in [0.2, 0.25) is 0 Å². The summed E-state index contributed by atoms with van der Waals surface area (Å²) in [5.74, 6) is -0.676. The number of fused-ring (bicyclic) bond motifs is 2. The van der Waals surface area contributed by atoms with Crippen molar-refractivity contribution in [3.05, 3.63) is 84.3 Å². The van der Waals surface area contributed by atoms with E-state index in [1.807, 2.05) is 36.4 Å². The van der Waals surface area contributed by atoms with Crippen LogP contribution in [-0.2, 0) is 9.53 Å². The number of carbonyl (C=O) groups excluding carboxylic acids is 1. The number of carbonyl (C=O) groups is 1. The zero-order chi connectivity index (χ0) is 23.8. The van der Waals surface area contributed by atoms with Gasteiger partial charge in [0.25, 0.3) is 0 Å². The fraction of sp³-hybridized carbons (Fsp3) is 0.192. The summed E-state index contributed by atoms with van der Waals surface area (Å²) in [7, 11) is 0. The molecule has 35 heavy (non-hydrogen) atoms. The van der Waals surface area contributed by atoms with Crippen molar-refractivity contribution < 1.29 is 13.9 Å². The topological polar surface area (TPSA) is 85.5 Å². The van der Waals surface area contributed by atoms with Gasteiger partial charge in [0.15, 0.2) is 11.5 Å². The number of morpholine rings is 1. The summed E-state index contributed by atoms with van der Waals surface area (Å²) in [6.07, 6.45) is 4.04. The summed E-state index contributed by atoms with van der Waals surface area (Å²) >= 11 is 0. The van der Waals surface area contributed by atoms with E-state index in [1.54, 1.807) is 22.7 Å². The zero-order valence-electron chi connectivity index (χ0n) is 18.7. The molecule has 3 aromatic heterocycles. The number of aromatic nitrogens is 5. The first-order chi connectivity index (χ1) is 17.2. The van der Waals surface area contributed by atoms with Gasteiger partial charge in [-0.2, -0.15) is 0 Å². The fourth-order valence-electron chi connectivity index (χ4n) is 4.56. The predicted octanol–water partition coefficient (Wildman–Crippen LogP) is 3.65. The second-order valence-electron chi connectivity index (χ2n) is 8.36. The zero-order valence-corrected chi connectivity index (χ0v) is 18.7. The van der Waals surface area contributed by atoms with Crippen molar-refractivity contribution in [3.63, 3.8) is 0 Å². The Morgan fingerprint density at radius 3 is 2.74 bits per heavy atom. The number of aldehydes is 1. The van der Waals surface area contributed by atoms with Gasteiger partial charge in [0.1, 0.15) is 24.3 Å². The maximum Gasteiger partial charge on any atom is 0.160 e. The van der Waals surface area contributed by atoms with Gasteiger partial charge in [-0.1, -0.05) is 12.1 Å². The van der Waals surface area contributed by atoms with E-state index in [-0.39, 0.29) is 0 Å². The molecule has 2 aromatic carbocycles. The number of ether oxygens (including phenoxy) is 1. The highest BCUT2D eigenvalue weighted by Gasteiger charge is 2.22. The Bertz CT molecular complexity index is 1550. The van der Waals surface area contributed by atoms with E-state index in [4.69, 9.17) is 4.74 Å². The maximum absolute atomic E-state index is 15.1. The molecule has 6 rings (SSSR count). The second kappa shape index (κ2) is 8.84. The Morgan fingerprint density at radius 2 is 1.89 bits per heavy atom. The Labute approximate surface area is 200 Å². The first-order valence-electron chi connectivity index (χ1n) is 11.3. The summed E-state index contributed by atoms with van der Waals surface area (Å²) in [6.45, 7) is 2.99. The average molecular weight is 468 g/mol. The molecule has 9 heteroatoms. The molecule has 174 valence electrons. The van der Waals surface area contributed by atoms with Gasteiger partial charge in [0, 0.05) is 35.9 Å². The van der Waals surface area contributed by atoms with Crippen LogP contribution in [0.5, 0.6) is 0 Å². The van der Waals surface area contributed by atoms with Crippen LogP contribution in [0.3, 0.4) is 0 Å². The van der Waals surface area contributed by atoms with E-state index >= 15 is 4.39 Å². The molecular formula is C26H21FN6O2. The van der Waals surface area contributed by atoms with E-state index in [0.717, 1.165) is 36.0 Å². The van der Waals surface area contributed by atoms with Crippen molar-refractivity contribution >= 4 is 28.5 Å². The summed E-state index contributed by atoms with van der Waals surface area (Å²) in [5, 5.41) is 9.10. The number of halogens is 1. The first-order valence-corrected chi connectivity index (χ1v) is 11.3. The van der Waals surface area contributed by atoms with Gasteiger partial charge in [-0.3, -0.25) is 4.40 Å². The highest BCUT2D eigenvalue weighted by Crippen LogP contribution is 2.33. The van der Waals surface area contributed by atoms with Gasteiger partial charge in [-0.25, -0.2) is 14.4 Å². The number of rotatable bonds is 5. The van der Waals surface area contributed by atoms with Crippen molar-refractivity contribution in [1.82, 2.24) is 24.6 Å². The third kappa shape index (κ3) is 3.79. The molecule has 0 aliphatic carbocycles. The lowest BCUT2D eigenvalue weighted by Gasteiger charge is -2.29. The Balaban J connectivity index is 1.43. The summed E-state index contributed by atoms with van der Waals surface area (Å²) < 4.78 is 22.3. The second-order valence-corrected chi connectivity index (χ2v) is 8.36. The monoisotopic (exact) mass is 468 g/mol. The van der Waals surface area contributed by atoms with Gasteiger partial charge < -0.3 is 14.4 Å². The highest BCUT2D eigenvalue weighted by molar-refractivity contribution is 5.94. The minimum Gasteiger partial charge on any atom is -0.378 e. The molecule has 1 fully saturated rings. The van der Waals surface area contributed by atoms with Crippen LogP contribution in [-0.4, -0.2) is 57.2 Å². The van der Waals surface area contributed by atoms with Gasteiger partial charge in [0.2, 0.25) is 0 Å². The van der Waals surface area contributed by atoms with Crippen molar-refractivity contribution in [2.24, 2.45) is 0 Å². The Morgan fingerprint density at radius 1 is 1.00 bits per heavy atom. The van der Waals surface area contributed by atoms with Gasteiger partial charge in [-0.15, -0.1) is 10.2 Å². The molecule has 0 bridgehead atoms. The normalized spacial score (nSPS) is 14.9. The van der Waals surface area contributed by atoms with E-state index in [0.29, 0.717) is 41.5 Å². The average Bonchev–Trinajstić information content (AvgIpc) is 3.34. The largest absolute Gasteiger partial charge is 0.378 e. The number of pyridine rings is 1. The van der Waals surface area contributed by atoms with E-state index in [9.17, 15) is 4.79 Å². The van der Waals surface area contributed by atoms with Crippen LogP contribution < -0.4 is 4.90 Å². The van der Waals surface area contributed by atoms with Crippen LogP contribution in [0, 0.1) is 5.82 Å². The molecule has 4 heterocycles. The number of benzene rings is 2. The minimum atomic E-state index is -0.715. The van der Waals surface area contributed by atoms with Gasteiger partial charge in [0.05, 0.1) is 24.4 Å². The molecule has 0 radical (unpaired) electrons. The number of hydrogen-bond acceptors (Lipinski definition) is 7. The van der Waals surface area contributed by atoms with Crippen LogP contribution in [0.25, 0.3) is 27.8 Å². The van der Waals surface area contributed by atoms with Crippen LogP contribution >= 0.6 is 0 Å². The standard InChI is InChI=1S/C26H21FN6O2/c27-22-7-4-17(21(15-34)26-31-30-24-3-1-2-8-33(24)26)13-20(22)25-19-6-5-18(14-23(19)28-16-29-25)32-9-11-35-12-10-32/h1-8,13-16,21H,9-12H2. The molecule has 1 aliphatic rings. The molecule has 0 spiro atoms. The SMILES string of the molecule is O=CC(c1ccc(F)c(-c2ncnc3cc(N4CCOCC4)ccc23)c1)c1nnc2ccccn12. The molecule has 0 amide bonds. The summed E-state index contributed by atoms with van der Waals surface area (Å²) in [5.41, 5.74) is 3.77. The quantitative estimate of drug-likeness (QED) is 0.364. The van der Waals surface area contributed by atoms with Gasteiger partial charge in [-0.05, 0) is 48.0 Å². The van der Waals surface area contributed by atoms with Crippen molar-refractivity contribution in [2.75, 3.05) is 31.2 Å². The van der Waals surface area contributed by atoms with E-state index in [2.05, 4.69) is 25.1 Å². The summed E-state index contributed by atoms with van der Waals surface area (Å²) in [4.78, 5) is 23.3. The van der Waals surface area contributed by atoms with E-state index < -0.39 is 11.7 Å². The lowest BCUT2D eigenvalue weighted by molar-refractivity contribution is -0.108. The molecule has 1 saturated heterocycles. The Kier molecular flexibility index (Phi) is 5.38. The molecule has 8 nitrogen and oxygen atoms in total. The predicted molar refractivity (Wildman–Crippen MR) is 129 cm³/mol. The lowest BCUT2D eigenvalue weighted by atomic mass is 9.95. The van der Waals surface area contributed by atoms with Crippen molar-refractivity contribution in [2.45, 2.75) is 5.92 Å². The van der Waals surface area contributed by atoms with Crippen LogP contribution in [0.4, 0.5) is 10.1 Å². The molecule has 1 unspecified atom stereocenters. The third-order valence-electron chi connectivity index (χ3n) is 6.36. The number of nitrogens with zero attached hydrogens (tertiary/aromatic N) is 6. The molecule has 1 aliphatic heterocycles. The lowest BCUT2D eigenvalue weighted by Crippen LogP contribution is -2.36. The van der Waals surface area contributed by atoms with Crippen molar-refractivity contribution in [3.8, 4) is 11.3 Å². The highest BCUT2D eigenvalue weighted by atomic mass is 19.1. The molecular weight excluding hydrogens is 447 g/mol. The fourth-order valence-corrected chi connectivity index (χ4v) is 4.56. The summed E-state index contributed by atoms with van der Waals surface area (Å²) in [6, 6.07) is 16.0. The smallest absolute Gasteiger partial charge is 0.160 e. The van der Waals surface area contributed by atoms with E-state index in [1.165, 1.54) is 12.4 Å². The number of anilines is 1. The number of hydrogen-bond donors (Lipinski definition) is 0. The minimum absolute atomic E-state index is 0.301. The molecule has 0 saturated carbocycles. The molecule has 1 atom stereocenters. The molecule has 5 aromatic rings. The molecule has 0 N–H and O–H groups in total. The van der Waals surface area contributed by atoms with Crippen LogP contribution in [0.15, 0.2) is 67.1 Å². The maximum atomic E-state index is 15.1. The first kappa shape index (κ1) is 21.3. The van der Waals surface area contributed by atoms with Crippen molar-refractivity contribution in [1.29, 1.82) is 0 Å². The third-order valence-corrected chi connectivity index (χ3v) is 6.36. The van der Waals surface area contributed by atoms with Gasteiger partial charge >= 0.3 is 0 Å².